The molecule has 3 saturated heterocycles. The monoisotopic (exact) mass is 857 g/mol. The molecule has 19 heteroatoms. The number of carbonyl (C=O) groups excluding carboxylic acids is 4. The standard InChI is InChI=1S/C42H55N3O16/c1-19(2)9-20(3)39(50)44-14-31(47)43-7-8-45(5)42(52)61-36-23(15-46)10-22(11-29(36)53-6)32-24-12-27-28(57-18-56-27)13-25(24)37(26-16-55-40(51)33(26)32)60-41-35(49)34(48)38-30(59-41)17-54-21(4)58-38/h10-13,19-21,26,30,32-35,37-38,41,46,48-49H,7-9,14-18H2,1-6H3,(H,43,47)(H,44,50)/t20?,21?,26-,30?,32+,33-,34?,35?,37+,38?,41?/m0/s1. The van der Waals surface area contributed by atoms with E-state index in [0.717, 1.165) is 0 Å². The third-order valence-electron chi connectivity index (χ3n) is 11.8. The summed E-state index contributed by atoms with van der Waals surface area (Å²) in [5.74, 6) is -2.35. The van der Waals surface area contributed by atoms with Crippen molar-refractivity contribution in [1.29, 1.82) is 0 Å². The van der Waals surface area contributed by atoms with Crippen LogP contribution in [0.1, 0.15) is 68.4 Å². The number of nitrogens with one attached hydrogen (secondary N) is 2. The zero-order chi connectivity index (χ0) is 43.7. The number of fused-ring (bicyclic) bond motifs is 4. The van der Waals surface area contributed by atoms with Gasteiger partial charge in [0, 0.05) is 43.5 Å². The molecule has 2 aromatic carbocycles. The molecule has 19 nitrogen and oxygen atoms in total. The molecule has 61 heavy (non-hydrogen) atoms. The summed E-state index contributed by atoms with van der Waals surface area (Å²) in [7, 11) is 2.85. The van der Waals surface area contributed by atoms with Gasteiger partial charge in [-0.3, -0.25) is 14.4 Å². The lowest BCUT2D eigenvalue weighted by Gasteiger charge is -2.47. The fourth-order valence-electron chi connectivity index (χ4n) is 8.73. The summed E-state index contributed by atoms with van der Waals surface area (Å²) in [5.41, 5.74) is 1.89. The van der Waals surface area contributed by atoms with Crippen molar-refractivity contribution in [3.8, 4) is 23.0 Å². The highest BCUT2D eigenvalue weighted by molar-refractivity contribution is 5.85. The van der Waals surface area contributed by atoms with Crippen molar-refractivity contribution in [3.05, 3.63) is 46.5 Å². The molecule has 11 atom stereocenters. The van der Waals surface area contributed by atoms with Gasteiger partial charge in [0.2, 0.25) is 18.6 Å². The molecule has 3 fully saturated rings. The van der Waals surface area contributed by atoms with Gasteiger partial charge < -0.3 is 73.5 Å². The molecule has 1 aliphatic carbocycles. The highest BCUT2D eigenvalue weighted by Crippen LogP contribution is 2.56. The minimum Gasteiger partial charge on any atom is -0.493 e. The molecule has 2 aromatic rings. The highest BCUT2D eigenvalue weighted by atomic mass is 16.8. The molecule has 0 aromatic heterocycles. The van der Waals surface area contributed by atoms with Gasteiger partial charge in [0.1, 0.15) is 24.4 Å². The topological polar surface area (TPSA) is 239 Å². The van der Waals surface area contributed by atoms with E-state index in [4.69, 9.17) is 42.6 Å². The normalized spacial score (nSPS) is 29.1. The number of aliphatic hydroxyl groups excluding tert-OH is 3. The fraction of sp³-hybridized carbons (Fsp3) is 0.619. The molecule has 0 radical (unpaired) electrons. The number of methoxy groups -OCH3 is 1. The van der Waals surface area contributed by atoms with E-state index in [1.165, 1.54) is 19.1 Å². The number of benzene rings is 2. The number of amides is 3. The molecule has 4 aliphatic heterocycles. The Morgan fingerprint density at radius 2 is 1.70 bits per heavy atom. The molecule has 3 amide bonds. The van der Waals surface area contributed by atoms with Crippen molar-refractivity contribution in [1.82, 2.24) is 15.5 Å². The summed E-state index contributed by atoms with van der Waals surface area (Å²) >= 11 is 0. The Bertz CT molecular complexity index is 1940. The molecular formula is C42H55N3O16. The Labute approximate surface area is 352 Å². The van der Waals surface area contributed by atoms with Crippen molar-refractivity contribution in [2.75, 3.05) is 53.8 Å². The number of likely N-dealkylation sites (N-methyl/N-ethyl adjacent to an activating group) is 1. The summed E-state index contributed by atoms with van der Waals surface area (Å²) in [4.78, 5) is 53.0. The van der Waals surface area contributed by atoms with Crippen LogP contribution in [0.15, 0.2) is 24.3 Å². The van der Waals surface area contributed by atoms with E-state index in [2.05, 4.69) is 10.6 Å². The second-order valence-corrected chi connectivity index (χ2v) is 16.5. The zero-order valence-electron chi connectivity index (χ0n) is 35.0. The molecule has 0 saturated carbocycles. The first-order chi connectivity index (χ1) is 29.2. The first kappa shape index (κ1) is 44.3. The van der Waals surface area contributed by atoms with E-state index in [0.29, 0.717) is 40.5 Å². The summed E-state index contributed by atoms with van der Waals surface area (Å²) in [6, 6.07) is 6.75. The van der Waals surface area contributed by atoms with Crippen LogP contribution in [0.5, 0.6) is 23.0 Å². The number of esters is 1. The summed E-state index contributed by atoms with van der Waals surface area (Å²) in [6.07, 6.45) is -7.40. The molecule has 0 spiro atoms. The fourth-order valence-corrected chi connectivity index (χ4v) is 8.73. The summed E-state index contributed by atoms with van der Waals surface area (Å²) < 4.78 is 52.6. The lowest BCUT2D eigenvalue weighted by Crippen LogP contribution is -2.63. The van der Waals surface area contributed by atoms with E-state index in [1.807, 2.05) is 20.8 Å². The molecule has 7 rings (SSSR count). The van der Waals surface area contributed by atoms with Crippen LogP contribution in [0.25, 0.3) is 0 Å². The van der Waals surface area contributed by atoms with Crippen molar-refractivity contribution < 1.29 is 77.1 Å². The number of rotatable bonds is 14. The van der Waals surface area contributed by atoms with Gasteiger partial charge in [-0.2, -0.15) is 0 Å². The van der Waals surface area contributed by atoms with Crippen LogP contribution in [-0.4, -0.2) is 135 Å². The van der Waals surface area contributed by atoms with Gasteiger partial charge in [-0.15, -0.1) is 0 Å². The predicted molar refractivity (Wildman–Crippen MR) is 209 cm³/mol. The van der Waals surface area contributed by atoms with Crippen LogP contribution >= 0.6 is 0 Å². The van der Waals surface area contributed by atoms with Crippen molar-refractivity contribution >= 4 is 23.9 Å². The van der Waals surface area contributed by atoms with Crippen LogP contribution in [0.2, 0.25) is 0 Å². The second-order valence-electron chi connectivity index (χ2n) is 16.5. The third-order valence-corrected chi connectivity index (χ3v) is 11.8. The molecular weight excluding hydrogens is 802 g/mol. The van der Waals surface area contributed by atoms with Gasteiger partial charge in [-0.05, 0) is 60.2 Å². The smallest absolute Gasteiger partial charge is 0.415 e. The predicted octanol–water partition coefficient (Wildman–Crippen LogP) is 1.46. The van der Waals surface area contributed by atoms with Gasteiger partial charge in [0.05, 0.1) is 45.5 Å². The minimum atomic E-state index is -1.51. The zero-order valence-corrected chi connectivity index (χ0v) is 35.0. The van der Waals surface area contributed by atoms with Crippen LogP contribution in [0.3, 0.4) is 0 Å². The number of ether oxygens (including phenoxy) is 9. The van der Waals surface area contributed by atoms with E-state index in [1.54, 1.807) is 31.2 Å². The maximum absolute atomic E-state index is 13.8. The van der Waals surface area contributed by atoms with Gasteiger partial charge >= 0.3 is 12.1 Å². The number of hydrogen-bond donors (Lipinski definition) is 5. The van der Waals surface area contributed by atoms with Crippen molar-refractivity contribution in [2.45, 2.75) is 89.7 Å². The van der Waals surface area contributed by atoms with Crippen molar-refractivity contribution in [3.63, 3.8) is 0 Å². The maximum atomic E-state index is 13.8. The Hall–Kier alpha value is -4.76. The van der Waals surface area contributed by atoms with Gasteiger partial charge in [-0.25, -0.2) is 4.79 Å². The minimum absolute atomic E-state index is 0.0407. The van der Waals surface area contributed by atoms with Gasteiger partial charge in [0.25, 0.3) is 0 Å². The molecule has 5 aliphatic rings. The van der Waals surface area contributed by atoms with Crippen LogP contribution in [0, 0.1) is 23.7 Å². The number of aliphatic hydroxyl groups is 3. The SMILES string of the molecule is COc1cc([C@@H]2c3cc4c(cc3[C@@H](OC3OC5COC(C)OC5C(O)C3O)[C@H]3COC(=O)[C@H]23)OCO4)cc(CO)c1OC(=O)N(C)CCNC(=O)CNC(=O)C(C)CC(C)C. The average molecular weight is 858 g/mol. The number of nitrogens with zero attached hydrogens (tertiary/aromatic N) is 1. The molecule has 334 valence electrons. The lowest BCUT2D eigenvalue weighted by molar-refractivity contribution is -0.364. The van der Waals surface area contributed by atoms with Crippen LogP contribution in [-0.2, 0) is 44.7 Å². The Morgan fingerprint density at radius 1 is 0.967 bits per heavy atom. The van der Waals surface area contributed by atoms with Crippen LogP contribution < -0.4 is 29.6 Å². The van der Waals surface area contributed by atoms with Gasteiger partial charge in [-0.1, -0.05) is 20.8 Å². The first-order valence-corrected chi connectivity index (χ1v) is 20.5. The molecule has 0 bridgehead atoms. The molecule has 4 heterocycles. The number of carbonyl (C=O) groups is 4. The first-order valence-electron chi connectivity index (χ1n) is 20.5. The Morgan fingerprint density at radius 3 is 2.41 bits per heavy atom. The van der Waals surface area contributed by atoms with E-state index in [9.17, 15) is 34.5 Å². The average Bonchev–Trinajstić information content (AvgIpc) is 3.86. The number of hydrogen-bond acceptors (Lipinski definition) is 16. The third kappa shape index (κ3) is 9.23. The Balaban J connectivity index is 1.10. The summed E-state index contributed by atoms with van der Waals surface area (Å²) in [6.45, 7) is 6.90. The quantitative estimate of drug-likeness (QED) is 0.169. The van der Waals surface area contributed by atoms with E-state index < -0.39 is 85.4 Å². The Kier molecular flexibility index (Phi) is 13.6. The van der Waals surface area contributed by atoms with E-state index in [-0.39, 0.29) is 68.5 Å². The molecule has 7 unspecified atom stereocenters. The lowest BCUT2D eigenvalue weighted by atomic mass is 9.66. The largest absolute Gasteiger partial charge is 0.493 e. The highest BCUT2D eigenvalue weighted by Gasteiger charge is 2.56. The van der Waals surface area contributed by atoms with Crippen molar-refractivity contribution in [2.24, 2.45) is 23.7 Å². The second kappa shape index (κ2) is 18.7. The number of cyclic esters (lactones) is 1. The van der Waals surface area contributed by atoms with Gasteiger partial charge in [0.15, 0.2) is 35.6 Å². The van der Waals surface area contributed by atoms with E-state index >= 15 is 0 Å². The summed E-state index contributed by atoms with van der Waals surface area (Å²) in [5, 5.41) is 38.2. The van der Waals surface area contributed by atoms with Crippen LogP contribution in [0.4, 0.5) is 4.79 Å². The maximum Gasteiger partial charge on any atom is 0.415 e. The molecule has 5 N–H and O–H groups in total.